The third kappa shape index (κ3) is 4.49. The highest BCUT2D eigenvalue weighted by Gasteiger charge is 2.27. The average molecular weight is 428 g/mol. The summed E-state index contributed by atoms with van der Waals surface area (Å²) in [7, 11) is 1.77. The number of carbonyl (C=O) groups is 1. The van der Waals surface area contributed by atoms with Gasteiger partial charge in [-0.3, -0.25) is 4.79 Å². The molecule has 122 valence electrons. The van der Waals surface area contributed by atoms with Crippen molar-refractivity contribution in [3.8, 4) is 0 Å². The molecule has 1 aromatic carbocycles. The number of halogens is 4. The molecule has 5 nitrogen and oxygen atoms in total. The monoisotopic (exact) mass is 428 g/mol. The molecule has 0 spiro atoms. The van der Waals surface area contributed by atoms with Gasteiger partial charge >= 0.3 is 0 Å². The molecule has 0 saturated heterocycles. The SMILES string of the molecule is CN(C(N)=NCC(=O)Nc1ccc(F)c(F)c1F)C1CC1.I. The van der Waals surface area contributed by atoms with Crippen molar-refractivity contribution in [3.63, 3.8) is 0 Å². The largest absolute Gasteiger partial charge is 0.370 e. The molecule has 0 bridgehead atoms. The summed E-state index contributed by atoms with van der Waals surface area (Å²) in [6, 6.07) is 2.02. The lowest BCUT2D eigenvalue weighted by molar-refractivity contribution is -0.114. The third-order valence-electron chi connectivity index (χ3n) is 3.15. The lowest BCUT2D eigenvalue weighted by Gasteiger charge is -2.16. The molecule has 3 N–H and O–H groups in total. The average Bonchev–Trinajstić information content (AvgIpc) is 3.29. The Morgan fingerprint density at radius 3 is 2.59 bits per heavy atom. The van der Waals surface area contributed by atoms with Gasteiger partial charge in [-0.05, 0) is 25.0 Å². The van der Waals surface area contributed by atoms with Crippen molar-refractivity contribution in [2.24, 2.45) is 10.7 Å². The smallest absolute Gasteiger partial charge is 0.246 e. The number of hydrogen-bond acceptors (Lipinski definition) is 2. The molecule has 1 saturated carbocycles. The van der Waals surface area contributed by atoms with Crippen molar-refractivity contribution in [2.45, 2.75) is 18.9 Å². The zero-order valence-electron chi connectivity index (χ0n) is 11.8. The fourth-order valence-corrected chi connectivity index (χ4v) is 1.73. The Morgan fingerprint density at radius 1 is 1.36 bits per heavy atom. The van der Waals surface area contributed by atoms with Crippen LogP contribution in [0.15, 0.2) is 17.1 Å². The van der Waals surface area contributed by atoms with Gasteiger partial charge in [0.05, 0.1) is 5.69 Å². The predicted octanol–water partition coefficient (Wildman–Crippen LogP) is 2.07. The number of amides is 1. The van der Waals surface area contributed by atoms with Crippen LogP contribution in [0.5, 0.6) is 0 Å². The van der Waals surface area contributed by atoms with Crippen LogP contribution in [0.25, 0.3) is 0 Å². The van der Waals surface area contributed by atoms with Crippen LogP contribution >= 0.6 is 24.0 Å². The Balaban J connectivity index is 0.00000242. The van der Waals surface area contributed by atoms with Gasteiger partial charge in [0.2, 0.25) is 5.91 Å². The summed E-state index contributed by atoms with van der Waals surface area (Å²) in [4.78, 5) is 17.2. The molecule has 1 fully saturated rings. The van der Waals surface area contributed by atoms with Crippen LogP contribution in [0.4, 0.5) is 18.9 Å². The fourth-order valence-electron chi connectivity index (χ4n) is 1.73. The van der Waals surface area contributed by atoms with E-state index >= 15 is 0 Å². The molecule has 1 aromatic rings. The molecule has 0 unspecified atom stereocenters. The Morgan fingerprint density at radius 2 is 2.00 bits per heavy atom. The Kier molecular flexibility index (Phi) is 6.45. The molecule has 1 aliphatic rings. The molecule has 1 aliphatic carbocycles. The van der Waals surface area contributed by atoms with Gasteiger partial charge in [-0.25, -0.2) is 18.2 Å². The maximum absolute atomic E-state index is 13.4. The number of nitrogens with two attached hydrogens (primary N) is 1. The number of carbonyl (C=O) groups excluding carboxylic acids is 1. The van der Waals surface area contributed by atoms with E-state index < -0.39 is 29.0 Å². The van der Waals surface area contributed by atoms with Crippen molar-refractivity contribution in [1.82, 2.24) is 4.90 Å². The highest BCUT2D eigenvalue weighted by Crippen LogP contribution is 2.24. The van der Waals surface area contributed by atoms with Crippen LogP contribution in [0.2, 0.25) is 0 Å². The summed E-state index contributed by atoms with van der Waals surface area (Å²) in [6.45, 7) is -0.332. The summed E-state index contributed by atoms with van der Waals surface area (Å²) >= 11 is 0. The first kappa shape index (κ1) is 18.5. The van der Waals surface area contributed by atoms with Crippen molar-refractivity contribution < 1.29 is 18.0 Å². The van der Waals surface area contributed by atoms with Gasteiger partial charge in [0.1, 0.15) is 6.54 Å². The Labute approximate surface area is 142 Å². The van der Waals surface area contributed by atoms with Gasteiger partial charge < -0.3 is 16.0 Å². The lowest BCUT2D eigenvalue weighted by atomic mass is 10.3. The van der Waals surface area contributed by atoms with E-state index in [1.807, 2.05) is 0 Å². The van der Waals surface area contributed by atoms with E-state index in [0.717, 1.165) is 25.0 Å². The number of hydrogen-bond donors (Lipinski definition) is 2. The lowest BCUT2D eigenvalue weighted by Crippen LogP contribution is -2.36. The molecule has 0 atom stereocenters. The minimum Gasteiger partial charge on any atom is -0.370 e. The second-order valence-corrected chi connectivity index (χ2v) is 4.79. The first-order valence-corrected chi connectivity index (χ1v) is 6.36. The number of rotatable bonds is 4. The van der Waals surface area contributed by atoms with Crippen LogP contribution in [0.1, 0.15) is 12.8 Å². The van der Waals surface area contributed by atoms with Gasteiger partial charge in [0.25, 0.3) is 0 Å². The second kappa shape index (κ2) is 7.65. The predicted molar refractivity (Wildman–Crippen MR) is 87.6 cm³/mol. The second-order valence-electron chi connectivity index (χ2n) is 4.79. The van der Waals surface area contributed by atoms with Crippen LogP contribution in [-0.2, 0) is 4.79 Å². The number of anilines is 1. The maximum atomic E-state index is 13.4. The number of aliphatic imine (C=N–C) groups is 1. The van der Waals surface area contributed by atoms with Crippen LogP contribution in [0.3, 0.4) is 0 Å². The Bertz CT molecular complexity index is 593. The third-order valence-corrected chi connectivity index (χ3v) is 3.15. The Hall–Kier alpha value is -1.52. The number of nitrogens with one attached hydrogen (secondary N) is 1. The van der Waals surface area contributed by atoms with Crippen molar-refractivity contribution in [3.05, 3.63) is 29.6 Å². The zero-order chi connectivity index (χ0) is 15.6. The van der Waals surface area contributed by atoms with Gasteiger partial charge in [-0.1, -0.05) is 0 Å². The van der Waals surface area contributed by atoms with Crippen LogP contribution < -0.4 is 11.1 Å². The molecule has 0 radical (unpaired) electrons. The molecule has 1 amide bonds. The molecule has 0 heterocycles. The summed E-state index contributed by atoms with van der Waals surface area (Å²) < 4.78 is 39.1. The van der Waals surface area contributed by atoms with E-state index in [1.165, 1.54) is 0 Å². The molecule has 2 rings (SSSR count). The minimum absolute atomic E-state index is 0. The first-order valence-electron chi connectivity index (χ1n) is 6.36. The van der Waals surface area contributed by atoms with Gasteiger partial charge in [0, 0.05) is 13.1 Å². The van der Waals surface area contributed by atoms with E-state index in [-0.39, 0.29) is 36.5 Å². The fraction of sp³-hybridized carbons (Fsp3) is 0.385. The molecular weight excluding hydrogens is 412 g/mol. The molecule has 22 heavy (non-hydrogen) atoms. The van der Waals surface area contributed by atoms with Gasteiger partial charge in [-0.2, -0.15) is 0 Å². The summed E-state index contributed by atoms with van der Waals surface area (Å²) in [5, 5.41) is 2.12. The van der Waals surface area contributed by atoms with E-state index in [2.05, 4.69) is 10.3 Å². The highest BCUT2D eigenvalue weighted by molar-refractivity contribution is 14.0. The summed E-state index contributed by atoms with van der Waals surface area (Å²) in [5.41, 5.74) is 5.24. The summed E-state index contributed by atoms with van der Waals surface area (Å²) in [6.07, 6.45) is 2.05. The normalized spacial score (nSPS) is 14.3. The van der Waals surface area contributed by atoms with Crippen LogP contribution in [0, 0.1) is 17.5 Å². The number of nitrogens with zero attached hydrogens (tertiary/aromatic N) is 2. The van der Waals surface area contributed by atoms with Crippen molar-refractivity contribution >= 4 is 41.5 Å². The molecule has 0 aliphatic heterocycles. The van der Waals surface area contributed by atoms with E-state index in [4.69, 9.17) is 5.73 Å². The minimum atomic E-state index is -1.63. The van der Waals surface area contributed by atoms with E-state index in [9.17, 15) is 18.0 Å². The van der Waals surface area contributed by atoms with E-state index in [1.54, 1.807) is 11.9 Å². The first-order chi connectivity index (χ1) is 9.90. The van der Waals surface area contributed by atoms with E-state index in [0.29, 0.717) is 6.04 Å². The van der Waals surface area contributed by atoms with Gasteiger partial charge in [-0.15, -0.1) is 24.0 Å². The van der Waals surface area contributed by atoms with Crippen LogP contribution in [-0.4, -0.2) is 36.4 Å². The topological polar surface area (TPSA) is 70.7 Å². The zero-order valence-corrected chi connectivity index (χ0v) is 14.1. The number of guanidine groups is 1. The van der Waals surface area contributed by atoms with Crippen molar-refractivity contribution in [2.75, 3.05) is 18.9 Å². The standard InChI is InChI=1S/C13H15F3N4O.HI/c1-20(7-2-3-7)13(17)18-6-10(21)19-9-5-4-8(14)11(15)12(9)16;/h4-5,7H,2-3,6H2,1H3,(H2,17,18)(H,19,21);1H. The number of benzene rings is 1. The molecule has 9 heteroatoms. The van der Waals surface area contributed by atoms with Gasteiger partial charge in [0.15, 0.2) is 23.4 Å². The quantitative estimate of drug-likeness (QED) is 0.334. The summed E-state index contributed by atoms with van der Waals surface area (Å²) in [5.74, 6) is -4.87. The molecular formula is C13H16F3IN4O. The molecule has 0 aromatic heterocycles. The maximum Gasteiger partial charge on any atom is 0.246 e. The van der Waals surface area contributed by atoms with Crippen molar-refractivity contribution in [1.29, 1.82) is 0 Å². The highest BCUT2D eigenvalue weighted by atomic mass is 127.